The number of nitrogens with two attached hydrogens (primary N) is 1. The van der Waals surface area contributed by atoms with Crippen molar-refractivity contribution in [3.8, 4) is 11.5 Å². The zero-order valence-electron chi connectivity index (χ0n) is 10.6. The summed E-state index contributed by atoms with van der Waals surface area (Å²) in [5.74, 6) is 0.754. The fourth-order valence-electron chi connectivity index (χ4n) is 1.95. The molecule has 2 aromatic carbocycles. The minimum Gasteiger partial charge on any atom is -0.455 e. The molecular weight excluding hydrogens is 252 g/mol. The van der Waals surface area contributed by atoms with E-state index < -0.39 is 5.91 Å². The van der Waals surface area contributed by atoms with Crippen LogP contribution in [0.3, 0.4) is 0 Å². The van der Waals surface area contributed by atoms with Crippen LogP contribution in [0.15, 0.2) is 60.7 Å². The Labute approximate surface area is 115 Å². The number of ether oxygens (including phenoxy) is 1. The van der Waals surface area contributed by atoms with Gasteiger partial charge in [0.25, 0.3) is 5.91 Å². The summed E-state index contributed by atoms with van der Waals surface area (Å²) in [5, 5.41) is 0.892. The third kappa shape index (κ3) is 2.31. The molecular formula is C16H12N2O2. The molecule has 0 aliphatic carbocycles. The van der Waals surface area contributed by atoms with Crippen molar-refractivity contribution in [3.63, 3.8) is 0 Å². The average Bonchev–Trinajstić information content (AvgIpc) is 2.48. The van der Waals surface area contributed by atoms with Gasteiger partial charge in [-0.1, -0.05) is 36.4 Å². The fourth-order valence-corrected chi connectivity index (χ4v) is 1.95. The number of carbonyl (C=O) groups excluding carboxylic acids is 1. The van der Waals surface area contributed by atoms with Gasteiger partial charge in [0.2, 0.25) is 0 Å². The molecule has 4 nitrogen and oxygen atoms in total. The zero-order chi connectivity index (χ0) is 13.9. The number of nitrogens with zero attached hydrogens (tertiary/aromatic N) is 1. The Bertz CT molecular complexity index is 770. The molecule has 1 amide bonds. The monoisotopic (exact) mass is 264 g/mol. The molecule has 1 heterocycles. The Morgan fingerprint density at radius 3 is 2.50 bits per heavy atom. The molecule has 3 rings (SSSR count). The normalized spacial score (nSPS) is 10.4. The highest BCUT2D eigenvalue weighted by molar-refractivity contribution is 5.95. The lowest BCUT2D eigenvalue weighted by atomic mass is 10.2. The third-order valence-electron chi connectivity index (χ3n) is 2.91. The van der Waals surface area contributed by atoms with Gasteiger partial charge in [0.05, 0.1) is 0 Å². The standard InChI is InChI=1S/C16H12N2O2/c17-16(19)13-10-9-11-5-4-8-14(15(11)18-13)20-12-6-2-1-3-7-12/h1-10H,(H2,17,19). The van der Waals surface area contributed by atoms with Crippen LogP contribution in [-0.4, -0.2) is 10.9 Å². The number of amides is 1. The molecule has 0 radical (unpaired) electrons. The first-order valence-electron chi connectivity index (χ1n) is 6.16. The van der Waals surface area contributed by atoms with Gasteiger partial charge in [-0.2, -0.15) is 0 Å². The maximum absolute atomic E-state index is 11.2. The summed E-state index contributed by atoms with van der Waals surface area (Å²) < 4.78 is 5.81. The minimum atomic E-state index is -0.554. The molecule has 0 aliphatic rings. The van der Waals surface area contributed by atoms with E-state index in [2.05, 4.69) is 4.98 Å². The summed E-state index contributed by atoms with van der Waals surface area (Å²) in [4.78, 5) is 15.5. The lowest BCUT2D eigenvalue weighted by Crippen LogP contribution is -2.12. The number of benzene rings is 2. The molecule has 0 spiro atoms. The quantitative estimate of drug-likeness (QED) is 0.790. The van der Waals surface area contributed by atoms with E-state index in [4.69, 9.17) is 10.5 Å². The van der Waals surface area contributed by atoms with Gasteiger partial charge in [0.15, 0.2) is 5.75 Å². The van der Waals surface area contributed by atoms with Gasteiger partial charge in [-0.05, 0) is 24.3 Å². The summed E-state index contributed by atoms with van der Waals surface area (Å²) >= 11 is 0. The minimum absolute atomic E-state index is 0.224. The molecule has 1 aromatic heterocycles. The number of hydrogen-bond donors (Lipinski definition) is 1. The van der Waals surface area contributed by atoms with E-state index in [1.54, 1.807) is 12.1 Å². The Hall–Kier alpha value is -2.88. The van der Waals surface area contributed by atoms with Crippen molar-refractivity contribution in [3.05, 3.63) is 66.4 Å². The Balaban J connectivity index is 2.10. The molecule has 2 N–H and O–H groups in total. The van der Waals surface area contributed by atoms with Gasteiger partial charge < -0.3 is 10.5 Å². The summed E-state index contributed by atoms with van der Waals surface area (Å²) in [6.45, 7) is 0. The van der Waals surface area contributed by atoms with Crippen LogP contribution in [0, 0.1) is 0 Å². The lowest BCUT2D eigenvalue weighted by Gasteiger charge is -2.08. The Morgan fingerprint density at radius 2 is 1.75 bits per heavy atom. The first kappa shape index (κ1) is 12.2. The van der Waals surface area contributed by atoms with E-state index in [1.165, 1.54) is 0 Å². The summed E-state index contributed by atoms with van der Waals surface area (Å²) in [5.41, 5.74) is 6.11. The van der Waals surface area contributed by atoms with Crippen molar-refractivity contribution in [1.82, 2.24) is 4.98 Å². The number of fused-ring (bicyclic) bond motifs is 1. The van der Waals surface area contributed by atoms with E-state index in [-0.39, 0.29) is 5.69 Å². The fraction of sp³-hybridized carbons (Fsp3) is 0. The smallest absolute Gasteiger partial charge is 0.267 e. The highest BCUT2D eigenvalue weighted by Crippen LogP contribution is 2.28. The van der Waals surface area contributed by atoms with Crippen LogP contribution in [0.5, 0.6) is 11.5 Å². The molecule has 0 bridgehead atoms. The van der Waals surface area contributed by atoms with Crippen LogP contribution in [0.2, 0.25) is 0 Å². The van der Waals surface area contributed by atoms with Crippen molar-refractivity contribution >= 4 is 16.8 Å². The maximum Gasteiger partial charge on any atom is 0.267 e. The molecule has 20 heavy (non-hydrogen) atoms. The number of para-hydroxylation sites is 2. The first-order chi connectivity index (χ1) is 9.74. The van der Waals surface area contributed by atoms with E-state index in [0.29, 0.717) is 17.0 Å². The number of primary amides is 1. The number of pyridine rings is 1. The van der Waals surface area contributed by atoms with Crippen molar-refractivity contribution < 1.29 is 9.53 Å². The van der Waals surface area contributed by atoms with Crippen LogP contribution in [-0.2, 0) is 0 Å². The van der Waals surface area contributed by atoms with Crippen LogP contribution in [0.1, 0.15) is 10.5 Å². The molecule has 98 valence electrons. The first-order valence-corrected chi connectivity index (χ1v) is 6.16. The molecule has 3 aromatic rings. The van der Waals surface area contributed by atoms with Crippen LogP contribution >= 0.6 is 0 Å². The van der Waals surface area contributed by atoms with Gasteiger partial charge in [0.1, 0.15) is 17.0 Å². The molecule has 0 aliphatic heterocycles. The molecule has 0 atom stereocenters. The largest absolute Gasteiger partial charge is 0.455 e. The molecule has 0 saturated carbocycles. The van der Waals surface area contributed by atoms with Gasteiger partial charge in [-0.15, -0.1) is 0 Å². The summed E-state index contributed by atoms with van der Waals surface area (Å²) in [6, 6.07) is 18.4. The number of hydrogen-bond acceptors (Lipinski definition) is 3. The van der Waals surface area contributed by atoms with Crippen LogP contribution < -0.4 is 10.5 Å². The Kier molecular flexibility index (Phi) is 3.05. The molecule has 4 heteroatoms. The van der Waals surface area contributed by atoms with E-state index in [9.17, 15) is 4.79 Å². The topological polar surface area (TPSA) is 65.2 Å². The summed E-state index contributed by atoms with van der Waals surface area (Å²) in [7, 11) is 0. The SMILES string of the molecule is NC(=O)c1ccc2cccc(Oc3ccccc3)c2n1. The van der Waals surface area contributed by atoms with Gasteiger partial charge >= 0.3 is 0 Å². The molecule has 0 saturated heterocycles. The second-order valence-electron chi connectivity index (χ2n) is 4.30. The van der Waals surface area contributed by atoms with Crippen LogP contribution in [0.4, 0.5) is 0 Å². The van der Waals surface area contributed by atoms with Crippen molar-refractivity contribution in [2.75, 3.05) is 0 Å². The van der Waals surface area contributed by atoms with E-state index in [0.717, 1.165) is 5.39 Å². The predicted octanol–water partition coefficient (Wildman–Crippen LogP) is 3.13. The number of carbonyl (C=O) groups is 1. The Morgan fingerprint density at radius 1 is 0.950 bits per heavy atom. The van der Waals surface area contributed by atoms with E-state index in [1.807, 2.05) is 48.5 Å². The second kappa shape index (κ2) is 5.01. The zero-order valence-corrected chi connectivity index (χ0v) is 10.6. The predicted molar refractivity (Wildman–Crippen MR) is 76.8 cm³/mol. The average molecular weight is 264 g/mol. The second-order valence-corrected chi connectivity index (χ2v) is 4.30. The van der Waals surface area contributed by atoms with Gasteiger partial charge in [-0.25, -0.2) is 4.98 Å². The van der Waals surface area contributed by atoms with Crippen molar-refractivity contribution in [1.29, 1.82) is 0 Å². The van der Waals surface area contributed by atoms with Crippen LogP contribution in [0.25, 0.3) is 10.9 Å². The lowest BCUT2D eigenvalue weighted by molar-refractivity contribution is 0.0996. The van der Waals surface area contributed by atoms with Gasteiger partial charge in [-0.3, -0.25) is 4.79 Å². The highest BCUT2D eigenvalue weighted by Gasteiger charge is 2.08. The van der Waals surface area contributed by atoms with Gasteiger partial charge in [0, 0.05) is 5.39 Å². The third-order valence-corrected chi connectivity index (χ3v) is 2.91. The van der Waals surface area contributed by atoms with Crippen molar-refractivity contribution in [2.45, 2.75) is 0 Å². The summed E-state index contributed by atoms with van der Waals surface area (Å²) in [6.07, 6.45) is 0. The highest BCUT2D eigenvalue weighted by atomic mass is 16.5. The number of rotatable bonds is 3. The van der Waals surface area contributed by atoms with E-state index >= 15 is 0 Å². The van der Waals surface area contributed by atoms with Crippen molar-refractivity contribution in [2.24, 2.45) is 5.73 Å². The molecule has 0 fully saturated rings. The molecule has 0 unspecified atom stereocenters. The maximum atomic E-state index is 11.2. The number of aromatic nitrogens is 1.